The van der Waals surface area contributed by atoms with Crippen molar-refractivity contribution in [3.63, 3.8) is 0 Å². The Hall–Kier alpha value is -3.58. The predicted octanol–water partition coefficient (Wildman–Crippen LogP) is 5.63. The molecule has 1 aliphatic heterocycles. The Morgan fingerprint density at radius 2 is 1.97 bits per heavy atom. The molecular weight excluding hydrogens is 418 g/mol. The molecule has 0 aliphatic carbocycles. The van der Waals surface area contributed by atoms with E-state index in [1.165, 1.54) is 11.3 Å². The van der Waals surface area contributed by atoms with E-state index in [4.69, 9.17) is 9.97 Å². The number of hydrogen-bond acceptors (Lipinski definition) is 6. The molecule has 32 heavy (non-hydrogen) atoms. The number of carbonyl (C=O) groups is 1. The van der Waals surface area contributed by atoms with Crippen LogP contribution in [0.1, 0.15) is 39.3 Å². The lowest BCUT2D eigenvalue weighted by molar-refractivity contribution is 0.0735. The Morgan fingerprint density at radius 3 is 2.72 bits per heavy atom. The number of thiophene rings is 1. The first-order chi connectivity index (χ1) is 15.7. The molecule has 1 aliphatic rings. The molecule has 1 aromatic carbocycles. The molecule has 4 heterocycles. The number of anilines is 2. The van der Waals surface area contributed by atoms with E-state index in [1.807, 2.05) is 72.5 Å². The van der Waals surface area contributed by atoms with Gasteiger partial charge in [0.2, 0.25) is 0 Å². The number of rotatable bonds is 5. The minimum absolute atomic E-state index is 0.0542. The third kappa shape index (κ3) is 4.24. The second-order valence-electron chi connectivity index (χ2n) is 7.80. The van der Waals surface area contributed by atoms with E-state index >= 15 is 0 Å². The molecule has 7 heteroatoms. The topological polar surface area (TPSA) is 71.0 Å². The highest BCUT2D eigenvalue weighted by molar-refractivity contribution is 7.13. The molecule has 0 spiro atoms. The largest absolute Gasteiger partial charge is 0.340 e. The molecular formula is C25H23N5OS. The fourth-order valence-electron chi connectivity index (χ4n) is 3.98. The van der Waals surface area contributed by atoms with Crippen LogP contribution in [0.4, 0.5) is 11.5 Å². The van der Waals surface area contributed by atoms with Gasteiger partial charge in [-0.05, 0) is 56.2 Å². The van der Waals surface area contributed by atoms with Gasteiger partial charge in [-0.15, -0.1) is 11.3 Å². The van der Waals surface area contributed by atoms with Gasteiger partial charge in [-0.25, -0.2) is 9.97 Å². The van der Waals surface area contributed by atoms with Crippen LogP contribution >= 0.6 is 11.3 Å². The number of nitrogens with one attached hydrogen (secondary N) is 1. The van der Waals surface area contributed by atoms with E-state index in [2.05, 4.69) is 10.3 Å². The van der Waals surface area contributed by atoms with Crippen molar-refractivity contribution in [2.75, 3.05) is 11.9 Å². The zero-order chi connectivity index (χ0) is 21.9. The molecule has 0 saturated carbocycles. The number of para-hydroxylation sites is 1. The first-order valence-corrected chi connectivity index (χ1v) is 11.5. The van der Waals surface area contributed by atoms with Crippen molar-refractivity contribution in [3.05, 3.63) is 88.6 Å². The van der Waals surface area contributed by atoms with Gasteiger partial charge < -0.3 is 10.2 Å². The molecule has 1 fully saturated rings. The summed E-state index contributed by atoms with van der Waals surface area (Å²) in [6.07, 6.45) is 5.32. The summed E-state index contributed by atoms with van der Waals surface area (Å²) in [5, 5.41) is 3.38. The van der Waals surface area contributed by atoms with Gasteiger partial charge >= 0.3 is 0 Å². The lowest BCUT2D eigenvalue weighted by Gasteiger charge is -2.24. The van der Waals surface area contributed by atoms with Crippen molar-refractivity contribution >= 4 is 28.7 Å². The highest BCUT2D eigenvalue weighted by Gasteiger charge is 2.33. The molecule has 1 saturated heterocycles. The minimum atomic E-state index is -0.155. The Kier molecular flexibility index (Phi) is 5.64. The Morgan fingerprint density at radius 1 is 1.09 bits per heavy atom. The van der Waals surface area contributed by atoms with E-state index in [9.17, 15) is 4.79 Å². The first kappa shape index (κ1) is 20.3. The quantitative estimate of drug-likeness (QED) is 0.435. The number of hydrogen-bond donors (Lipinski definition) is 1. The highest BCUT2D eigenvalue weighted by atomic mass is 32.1. The number of likely N-dealkylation sites (tertiary alicyclic amines) is 1. The Bertz CT molecular complexity index is 1230. The molecule has 1 N–H and O–H groups in total. The number of benzene rings is 1. The molecule has 0 bridgehead atoms. The first-order valence-electron chi connectivity index (χ1n) is 10.7. The van der Waals surface area contributed by atoms with Crippen molar-refractivity contribution in [2.24, 2.45) is 0 Å². The Labute approximate surface area is 191 Å². The molecule has 0 radical (unpaired) electrons. The monoisotopic (exact) mass is 441 g/mol. The lowest BCUT2D eigenvalue weighted by Crippen LogP contribution is -2.31. The summed E-state index contributed by atoms with van der Waals surface area (Å²) in [6, 6.07) is 19.5. The second kappa shape index (κ2) is 8.88. The fourth-order valence-corrected chi connectivity index (χ4v) is 4.80. The fraction of sp³-hybridized carbons (Fsp3) is 0.200. The van der Waals surface area contributed by atoms with E-state index in [0.29, 0.717) is 18.2 Å². The predicted molar refractivity (Wildman–Crippen MR) is 127 cm³/mol. The van der Waals surface area contributed by atoms with Gasteiger partial charge in [0.25, 0.3) is 5.91 Å². The maximum Gasteiger partial charge on any atom is 0.264 e. The smallest absolute Gasteiger partial charge is 0.264 e. The van der Waals surface area contributed by atoms with Crippen LogP contribution in [0.2, 0.25) is 0 Å². The minimum Gasteiger partial charge on any atom is -0.340 e. The van der Waals surface area contributed by atoms with Crippen LogP contribution in [-0.4, -0.2) is 32.3 Å². The van der Waals surface area contributed by atoms with Crippen LogP contribution in [0.25, 0.3) is 11.3 Å². The van der Waals surface area contributed by atoms with Crippen molar-refractivity contribution in [3.8, 4) is 11.3 Å². The van der Waals surface area contributed by atoms with Crippen LogP contribution in [0.5, 0.6) is 0 Å². The second-order valence-corrected chi connectivity index (χ2v) is 9.08. The van der Waals surface area contributed by atoms with Gasteiger partial charge in [-0.2, -0.15) is 0 Å². The van der Waals surface area contributed by atoms with Crippen molar-refractivity contribution in [1.82, 2.24) is 19.9 Å². The summed E-state index contributed by atoms with van der Waals surface area (Å²) in [6.45, 7) is 2.73. The number of amides is 1. The van der Waals surface area contributed by atoms with E-state index in [0.717, 1.165) is 39.5 Å². The zero-order valence-electron chi connectivity index (χ0n) is 17.7. The van der Waals surface area contributed by atoms with Gasteiger partial charge in [0.05, 0.1) is 16.6 Å². The summed E-state index contributed by atoms with van der Waals surface area (Å²) < 4.78 is 0. The average molecular weight is 442 g/mol. The number of carbonyl (C=O) groups excluding carboxylic acids is 1. The Balaban J connectivity index is 1.53. The molecule has 6 nitrogen and oxygen atoms in total. The van der Waals surface area contributed by atoms with E-state index in [-0.39, 0.29) is 11.9 Å². The van der Waals surface area contributed by atoms with Crippen molar-refractivity contribution < 1.29 is 4.79 Å². The van der Waals surface area contributed by atoms with E-state index < -0.39 is 0 Å². The van der Waals surface area contributed by atoms with Crippen LogP contribution in [-0.2, 0) is 0 Å². The SMILES string of the molecule is Cc1ccc(C(=O)N2CCC[C@@H]2c2nc(Nc3ccccc3)cc(-c3cccnc3)n2)s1. The molecule has 160 valence electrons. The summed E-state index contributed by atoms with van der Waals surface area (Å²) in [5.74, 6) is 1.41. The molecule has 0 unspecified atom stereocenters. The number of aryl methyl sites for hydroxylation is 1. The molecule has 3 aromatic heterocycles. The third-order valence-corrected chi connectivity index (χ3v) is 6.50. The summed E-state index contributed by atoms with van der Waals surface area (Å²) in [7, 11) is 0. The van der Waals surface area contributed by atoms with Gasteiger partial charge in [-0.1, -0.05) is 18.2 Å². The van der Waals surface area contributed by atoms with Crippen LogP contribution in [0.15, 0.2) is 73.1 Å². The zero-order valence-corrected chi connectivity index (χ0v) is 18.5. The summed E-state index contributed by atoms with van der Waals surface area (Å²) >= 11 is 1.53. The normalized spacial score (nSPS) is 15.7. The van der Waals surface area contributed by atoms with Crippen LogP contribution in [0.3, 0.4) is 0 Å². The highest BCUT2D eigenvalue weighted by Crippen LogP contribution is 2.34. The van der Waals surface area contributed by atoms with Gasteiger partial charge in [0.1, 0.15) is 5.82 Å². The molecule has 4 aromatic rings. The standard InChI is InChI=1S/C25H23N5OS/c1-17-11-12-22(32-17)25(31)30-14-6-10-21(30)24-28-20(18-7-5-13-26-16-18)15-23(29-24)27-19-8-3-2-4-9-19/h2-5,7-9,11-13,15-16,21H,6,10,14H2,1H3,(H,27,28,29)/t21-/m1/s1. The maximum absolute atomic E-state index is 13.2. The number of aromatic nitrogens is 3. The van der Waals surface area contributed by atoms with Gasteiger partial charge in [0.15, 0.2) is 5.82 Å². The maximum atomic E-state index is 13.2. The van der Waals surface area contributed by atoms with Crippen molar-refractivity contribution in [2.45, 2.75) is 25.8 Å². The van der Waals surface area contributed by atoms with Gasteiger partial charge in [-0.3, -0.25) is 9.78 Å². The number of nitrogens with zero attached hydrogens (tertiary/aromatic N) is 4. The number of pyridine rings is 1. The van der Waals surface area contributed by atoms with E-state index in [1.54, 1.807) is 12.4 Å². The van der Waals surface area contributed by atoms with Crippen LogP contribution in [0, 0.1) is 6.92 Å². The average Bonchev–Trinajstić information content (AvgIpc) is 3.49. The summed E-state index contributed by atoms with van der Waals surface area (Å²) in [4.78, 5) is 31.0. The molecule has 1 amide bonds. The van der Waals surface area contributed by atoms with Crippen LogP contribution < -0.4 is 5.32 Å². The third-order valence-electron chi connectivity index (χ3n) is 5.51. The van der Waals surface area contributed by atoms with Crippen molar-refractivity contribution in [1.29, 1.82) is 0 Å². The van der Waals surface area contributed by atoms with Gasteiger partial charge in [0, 0.05) is 41.1 Å². The lowest BCUT2D eigenvalue weighted by atomic mass is 10.1. The molecule has 5 rings (SSSR count). The summed E-state index contributed by atoms with van der Waals surface area (Å²) in [5.41, 5.74) is 2.65. The molecule has 1 atom stereocenters.